The molecule has 0 bridgehead atoms. The molecule has 0 aliphatic heterocycles. The lowest BCUT2D eigenvalue weighted by atomic mass is 10.1. The van der Waals surface area contributed by atoms with Gasteiger partial charge in [-0.25, -0.2) is 10.2 Å². The highest BCUT2D eigenvalue weighted by Crippen LogP contribution is 2.17. The topological polar surface area (TPSA) is 55.1 Å². The van der Waals surface area contributed by atoms with E-state index in [2.05, 4.69) is 0 Å². The first kappa shape index (κ1) is 11.9. The molecule has 1 amide bonds. The number of carbonyl (C=O) groups is 1. The van der Waals surface area contributed by atoms with Gasteiger partial charge in [0.1, 0.15) is 5.82 Å². The second-order valence-electron chi connectivity index (χ2n) is 3.17. The number of nitrogens with two attached hydrogens (primary N) is 1. The molecule has 0 saturated heterocycles. The predicted octanol–water partition coefficient (Wildman–Crippen LogP) is 1.79. The van der Waals surface area contributed by atoms with Gasteiger partial charge in [0.25, 0.3) is 0 Å². The summed E-state index contributed by atoms with van der Waals surface area (Å²) in [7, 11) is 0. The minimum Gasteiger partial charge on any atom is -0.294 e. The largest absolute Gasteiger partial charge is 0.294 e. The fourth-order valence-electron chi connectivity index (χ4n) is 1.22. The molecule has 0 aliphatic carbocycles. The van der Waals surface area contributed by atoms with Crippen LogP contribution in [0.2, 0.25) is 5.02 Å². The number of rotatable bonds is 4. The molecular formula is C10H12ClFN2O. The molecule has 1 aromatic rings. The number of hydrogen-bond acceptors (Lipinski definition) is 2. The maximum atomic E-state index is 12.8. The van der Waals surface area contributed by atoms with Gasteiger partial charge in [0.15, 0.2) is 0 Å². The van der Waals surface area contributed by atoms with Crippen LogP contribution in [0.25, 0.3) is 0 Å². The summed E-state index contributed by atoms with van der Waals surface area (Å²) >= 11 is 5.61. The van der Waals surface area contributed by atoms with Crippen molar-refractivity contribution in [2.45, 2.75) is 19.3 Å². The Kier molecular flexibility index (Phi) is 4.52. The van der Waals surface area contributed by atoms with E-state index in [1.807, 2.05) is 5.43 Å². The van der Waals surface area contributed by atoms with Crippen molar-refractivity contribution in [2.24, 2.45) is 5.84 Å². The second-order valence-corrected chi connectivity index (χ2v) is 3.58. The molecule has 1 aromatic carbocycles. The van der Waals surface area contributed by atoms with Crippen LogP contribution in [0.3, 0.4) is 0 Å². The Labute approximate surface area is 92.4 Å². The van der Waals surface area contributed by atoms with Gasteiger partial charge >= 0.3 is 0 Å². The fourth-order valence-corrected chi connectivity index (χ4v) is 1.42. The van der Waals surface area contributed by atoms with E-state index in [0.29, 0.717) is 19.3 Å². The third kappa shape index (κ3) is 3.85. The number of amides is 1. The van der Waals surface area contributed by atoms with Crippen molar-refractivity contribution in [1.82, 2.24) is 5.43 Å². The van der Waals surface area contributed by atoms with Crippen LogP contribution in [-0.4, -0.2) is 5.91 Å². The molecular weight excluding hydrogens is 219 g/mol. The maximum Gasteiger partial charge on any atom is 0.233 e. The summed E-state index contributed by atoms with van der Waals surface area (Å²) < 4.78 is 12.8. The van der Waals surface area contributed by atoms with Crippen LogP contribution in [0.5, 0.6) is 0 Å². The summed E-state index contributed by atoms with van der Waals surface area (Å²) in [6, 6.07) is 4.54. The SMILES string of the molecule is NNC(=O)CCCc1ccc(F)c(Cl)c1. The van der Waals surface area contributed by atoms with Gasteiger partial charge in [0, 0.05) is 6.42 Å². The van der Waals surface area contributed by atoms with E-state index in [1.165, 1.54) is 6.07 Å². The first-order valence-electron chi connectivity index (χ1n) is 4.57. The van der Waals surface area contributed by atoms with Crippen LogP contribution in [-0.2, 0) is 11.2 Å². The highest BCUT2D eigenvalue weighted by Gasteiger charge is 2.02. The van der Waals surface area contributed by atoms with Gasteiger partial charge in [-0.05, 0) is 30.5 Å². The molecule has 0 aromatic heterocycles. The molecule has 82 valence electrons. The molecule has 15 heavy (non-hydrogen) atoms. The van der Waals surface area contributed by atoms with Gasteiger partial charge in [0.2, 0.25) is 5.91 Å². The van der Waals surface area contributed by atoms with Gasteiger partial charge in [-0.1, -0.05) is 17.7 Å². The van der Waals surface area contributed by atoms with Crippen molar-refractivity contribution in [1.29, 1.82) is 0 Å². The summed E-state index contributed by atoms with van der Waals surface area (Å²) in [4.78, 5) is 10.8. The zero-order chi connectivity index (χ0) is 11.3. The number of carbonyl (C=O) groups excluding carboxylic acids is 1. The standard InChI is InChI=1S/C10H12ClFN2O/c11-8-6-7(4-5-9(8)12)2-1-3-10(15)14-13/h4-6H,1-3,13H2,(H,14,15). The van der Waals surface area contributed by atoms with Crippen molar-refractivity contribution in [3.8, 4) is 0 Å². The van der Waals surface area contributed by atoms with Crippen LogP contribution in [0.15, 0.2) is 18.2 Å². The summed E-state index contributed by atoms with van der Waals surface area (Å²) in [5, 5.41) is 0.107. The lowest BCUT2D eigenvalue weighted by molar-refractivity contribution is -0.121. The van der Waals surface area contributed by atoms with Crippen LogP contribution < -0.4 is 11.3 Å². The molecule has 0 saturated carbocycles. The van der Waals surface area contributed by atoms with Gasteiger partial charge in [0.05, 0.1) is 5.02 Å². The second kappa shape index (κ2) is 5.68. The zero-order valence-electron chi connectivity index (χ0n) is 8.09. The summed E-state index contributed by atoms with van der Waals surface area (Å²) in [6.07, 6.45) is 1.68. The van der Waals surface area contributed by atoms with E-state index >= 15 is 0 Å². The van der Waals surface area contributed by atoms with E-state index in [0.717, 1.165) is 5.56 Å². The minimum absolute atomic E-state index is 0.107. The van der Waals surface area contributed by atoms with Crippen LogP contribution in [0, 0.1) is 5.82 Å². The number of benzene rings is 1. The van der Waals surface area contributed by atoms with E-state index < -0.39 is 5.82 Å². The molecule has 1 rings (SSSR count). The number of nitrogens with one attached hydrogen (secondary N) is 1. The zero-order valence-corrected chi connectivity index (χ0v) is 8.85. The average molecular weight is 231 g/mol. The number of hydrazine groups is 1. The Hall–Kier alpha value is -1.13. The highest BCUT2D eigenvalue weighted by atomic mass is 35.5. The van der Waals surface area contributed by atoms with Crippen molar-refractivity contribution >= 4 is 17.5 Å². The molecule has 0 heterocycles. The monoisotopic (exact) mass is 230 g/mol. The molecule has 0 spiro atoms. The Morgan fingerprint density at radius 3 is 2.87 bits per heavy atom. The van der Waals surface area contributed by atoms with Gasteiger partial charge in [-0.15, -0.1) is 0 Å². The first-order valence-corrected chi connectivity index (χ1v) is 4.94. The van der Waals surface area contributed by atoms with Gasteiger partial charge in [-0.3, -0.25) is 10.2 Å². The van der Waals surface area contributed by atoms with Crippen LogP contribution in [0.1, 0.15) is 18.4 Å². The summed E-state index contributed by atoms with van der Waals surface area (Å²) in [6.45, 7) is 0. The summed E-state index contributed by atoms with van der Waals surface area (Å²) in [5.41, 5.74) is 2.96. The molecule has 0 unspecified atom stereocenters. The highest BCUT2D eigenvalue weighted by molar-refractivity contribution is 6.30. The van der Waals surface area contributed by atoms with E-state index in [-0.39, 0.29) is 10.9 Å². The van der Waals surface area contributed by atoms with E-state index in [9.17, 15) is 9.18 Å². The van der Waals surface area contributed by atoms with Crippen molar-refractivity contribution in [3.05, 3.63) is 34.6 Å². The van der Waals surface area contributed by atoms with Gasteiger partial charge in [-0.2, -0.15) is 0 Å². The van der Waals surface area contributed by atoms with Crippen LogP contribution in [0.4, 0.5) is 4.39 Å². The molecule has 0 radical (unpaired) electrons. The van der Waals surface area contributed by atoms with Crippen molar-refractivity contribution in [3.63, 3.8) is 0 Å². The Balaban J connectivity index is 2.44. The van der Waals surface area contributed by atoms with Gasteiger partial charge < -0.3 is 0 Å². The predicted molar refractivity (Wildman–Crippen MR) is 56.7 cm³/mol. The number of hydrogen-bond donors (Lipinski definition) is 2. The van der Waals surface area contributed by atoms with Crippen LogP contribution >= 0.6 is 11.6 Å². The lowest BCUT2D eigenvalue weighted by Gasteiger charge is -2.02. The van der Waals surface area contributed by atoms with E-state index in [1.54, 1.807) is 12.1 Å². The normalized spacial score (nSPS) is 10.1. The number of aryl methyl sites for hydroxylation is 1. The maximum absolute atomic E-state index is 12.8. The third-order valence-corrected chi connectivity index (χ3v) is 2.30. The van der Waals surface area contributed by atoms with Crippen molar-refractivity contribution < 1.29 is 9.18 Å². The third-order valence-electron chi connectivity index (χ3n) is 2.01. The quantitative estimate of drug-likeness (QED) is 0.471. The average Bonchev–Trinajstić information content (AvgIpc) is 2.23. The molecule has 0 fully saturated rings. The first-order chi connectivity index (χ1) is 7.13. The minimum atomic E-state index is -0.430. The fraction of sp³-hybridized carbons (Fsp3) is 0.300. The van der Waals surface area contributed by atoms with Crippen molar-refractivity contribution in [2.75, 3.05) is 0 Å². The summed E-state index contributed by atoms with van der Waals surface area (Å²) in [5.74, 6) is 4.29. The molecule has 5 heteroatoms. The Morgan fingerprint density at radius 2 is 2.27 bits per heavy atom. The molecule has 0 atom stereocenters. The molecule has 0 aliphatic rings. The number of halogens is 2. The smallest absolute Gasteiger partial charge is 0.233 e. The Morgan fingerprint density at radius 1 is 1.53 bits per heavy atom. The molecule has 3 N–H and O–H groups in total. The van der Waals surface area contributed by atoms with E-state index in [4.69, 9.17) is 17.4 Å². The molecule has 3 nitrogen and oxygen atoms in total. The lowest BCUT2D eigenvalue weighted by Crippen LogP contribution is -2.29. The Bertz CT molecular complexity index is 357.